The van der Waals surface area contributed by atoms with Crippen molar-refractivity contribution >= 4 is 28.6 Å². The minimum atomic E-state index is -4.77. The summed E-state index contributed by atoms with van der Waals surface area (Å²) in [7, 11) is 0. The first kappa shape index (κ1) is 28.3. The van der Waals surface area contributed by atoms with Crippen molar-refractivity contribution in [3.05, 3.63) is 87.3 Å². The summed E-state index contributed by atoms with van der Waals surface area (Å²) >= 11 is 1.33. The van der Waals surface area contributed by atoms with Gasteiger partial charge < -0.3 is 5.32 Å². The van der Waals surface area contributed by atoms with Gasteiger partial charge >= 0.3 is 12.4 Å². The Morgan fingerprint density at radius 1 is 0.976 bits per heavy atom. The average Bonchev–Trinajstić information content (AvgIpc) is 3.62. The molecule has 5 rings (SSSR count). The normalized spacial score (nSPS) is 12.3. The van der Waals surface area contributed by atoms with Gasteiger partial charge in [0.15, 0.2) is 17.0 Å². The summed E-state index contributed by atoms with van der Waals surface area (Å²) in [5, 5.41) is 10.8. The van der Waals surface area contributed by atoms with Crippen molar-refractivity contribution in [1.82, 2.24) is 24.4 Å². The molecule has 214 valence electrons. The lowest BCUT2D eigenvalue weighted by Crippen LogP contribution is -2.16. The van der Waals surface area contributed by atoms with Gasteiger partial charge in [-0.3, -0.25) is 9.48 Å². The molecular weight excluding hydrogens is 570 g/mol. The van der Waals surface area contributed by atoms with Crippen LogP contribution in [-0.4, -0.2) is 30.3 Å². The van der Waals surface area contributed by atoms with Crippen molar-refractivity contribution in [2.45, 2.75) is 46.1 Å². The number of fused-ring (bicyclic) bond motifs is 1. The molecule has 4 heterocycles. The number of carbonyl (C=O) groups excluding carboxylic acids is 1. The highest BCUT2D eigenvalue weighted by Crippen LogP contribution is 2.35. The molecule has 0 fully saturated rings. The van der Waals surface area contributed by atoms with Crippen LogP contribution >= 0.6 is 11.3 Å². The van der Waals surface area contributed by atoms with Crippen LogP contribution in [0, 0.1) is 13.8 Å². The number of halogens is 6. The second-order valence-electron chi connectivity index (χ2n) is 9.30. The number of aryl methyl sites for hydroxylation is 2. The molecule has 0 aliphatic heterocycles. The predicted octanol–water partition coefficient (Wildman–Crippen LogP) is 7.17. The lowest BCUT2D eigenvalue weighted by Gasteiger charge is -2.10. The first-order valence-electron chi connectivity index (χ1n) is 12.3. The van der Waals surface area contributed by atoms with Crippen molar-refractivity contribution in [3.63, 3.8) is 0 Å². The Hall–Kier alpha value is -4.20. The number of benzene rings is 1. The van der Waals surface area contributed by atoms with Crippen LogP contribution in [0.1, 0.15) is 50.5 Å². The van der Waals surface area contributed by atoms with Crippen LogP contribution in [0.4, 0.5) is 32.0 Å². The molecular formula is C27H22F6N6OS. The van der Waals surface area contributed by atoms with Gasteiger partial charge in [0.1, 0.15) is 0 Å². The van der Waals surface area contributed by atoms with E-state index < -0.39 is 29.5 Å². The number of alkyl halides is 6. The second-order valence-corrected chi connectivity index (χ2v) is 10.5. The van der Waals surface area contributed by atoms with Gasteiger partial charge in [-0.1, -0.05) is 19.1 Å². The largest absolute Gasteiger partial charge is 0.433 e. The number of nitrogens with zero attached hydrogens (tertiary/aromatic N) is 5. The Morgan fingerprint density at radius 2 is 1.73 bits per heavy atom. The number of thiophene rings is 1. The average molecular weight is 593 g/mol. The molecule has 0 spiro atoms. The van der Waals surface area contributed by atoms with Crippen LogP contribution < -0.4 is 5.32 Å². The Kier molecular flexibility index (Phi) is 7.14. The summed E-state index contributed by atoms with van der Waals surface area (Å²) in [5.74, 6) is -0.792. The first-order valence-corrected chi connectivity index (χ1v) is 13.1. The standard InChI is InChI=1S/C27H22F6N6OS/c1-4-18-8-9-21(41-18)19-11-22(27(31,32)33)39-23(34-19)12-20(37-39)25(40)35-24-14(2)36-38(15(24)3)13-16-6-5-7-17(10-16)26(28,29)30/h5-12H,4,13H2,1-3H3,(H,35,40). The molecule has 41 heavy (non-hydrogen) atoms. The third-order valence-electron chi connectivity index (χ3n) is 6.42. The molecule has 1 N–H and O–H groups in total. The second kappa shape index (κ2) is 10.3. The molecule has 5 aromatic rings. The van der Waals surface area contributed by atoms with Gasteiger partial charge in [-0.15, -0.1) is 11.3 Å². The summed E-state index contributed by atoms with van der Waals surface area (Å²) in [5.41, 5.74) is -0.781. The zero-order chi connectivity index (χ0) is 29.7. The van der Waals surface area contributed by atoms with E-state index in [1.54, 1.807) is 19.9 Å². The maximum Gasteiger partial charge on any atom is 0.433 e. The van der Waals surface area contributed by atoms with Crippen LogP contribution in [-0.2, 0) is 25.3 Å². The predicted molar refractivity (Wildman–Crippen MR) is 141 cm³/mol. The third kappa shape index (κ3) is 5.69. The molecule has 0 saturated carbocycles. The highest BCUT2D eigenvalue weighted by atomic mass is 32.1. The molecule has 0 bridgehead atoms. The Labute approximate surface area is 233 Å². The zero-order valence-corrected chi connectivity index (χ0v) is 22.7. The number of hydrogen-bond acceptors (Lipinski definition) is 5. The third-order valence-corrected chi connectivity index (χ3v) is 7.67. The van der Waals surface area contributed by atoms with E-state index in [2.05, 4.69) is 20.5 Å². The van der Waals surface area contributed by atoms with E-state index in [1.807, 2.05) is 13.0 Å². The number of anilines is 1. The number of nitrogens with one attached hydrogen (secondary N) is 1. The van der Waals surface area contributed by atoms with Crippen LogP contribution in [0.15, 0.2) is 48.5 Å². The van der Waals surface area contributed by atoms with Crippen molar-refractivity contribution in [2.24, 2.45) is 0 Å². The van der Waals surface area contributed by atoms with Crippen LogP contribution in [0.25, 0.3) is 16.2 Å². The quantitative estimate of drug-likeness (QED) is 0.212. The lowest BCUT2D eigenvalue weighted by atomic mass is 10.1. The first-order chi connectivity index (χ1) is 19.2. The summed E-state index contributed by atoms with van der Waals surface area (Å²) in [4.78, 5) is 19.0. The Balaban J connectivity index is 1.45. The molecule has 1 amide bonds. The Bertz CT molecular complexity index is 1760. The lowest BCUT2D eigenvalue weighted by molar-refractivity contribution is -0.142. The summed E-state index contributed by atoms with van der Waals surface area (Å²) < 4.78 is 83.2. The molecule has 0 aliphatic rings. The number of hydrogen-bond donors (Lipinski definition) is 1. The highest BCUT2D eigenvalue weighted by molar-refractivity contribution is 7.15. The van der Waals surface area contributed by atoms with Crippen molar-refractivity contribution < 1.29 is 31.1 Å². The fourth-order valence-electron chi connectivity index (χ4n) is 4.35. The van der Waals surface area contributed by atoms with E-state index >= 15 is 0 Å². The van der Waals surface area contributed by atoms with Crippen molar-refractivity contribution in [3.8, 4) is 10.6 Å². The summed E-state index contributed by atoms with van der Waals surface area (Å²) in [6.45, 7) is 5.16. The molecule has 0 radical (unpaired) electrons. The summed E-state index contributed by atoms with van der Waals surface area (Å²) in [6, 6.07) is 10.4. The van der Waals surface area contributed by atoms with Gasteiger partial charge in [-0.2, -0.15) is 36.5 Å². The molecule has 0 unspecified atom stereocenters. The number of aromatic nitrogens is 5. The topological polar surface area (TPSA) is 77.1 Å². The number of rotatable bonds is 6. The molecule has 1 aromatic carbocycles. The van der Waals surface area contributed by atoms with Gasteiger partial charge in [0.2, 0.25) is 0 Å². The van der Waals surface area contributed by atoms with Crippen LogP contribution in [0.5, 0.6) is 0 Å². The maximum atomic E-state index is 14.0. The van der Waals surface area contributed by atoms with Crippen molar-refractivity contribution in [1.29, 1.82) is 0 Å². The molecule has 0 aliphatic carbocycles. The molecule has 14 heteroatoms. The molecule has 0 saturated heterocycles. The van der Waals surface area contributed by atoms with Gasteiger partial charge in [-0.05, 0) is 56.2 Å². The fourth-order valence-corrected chi connectivity index (χ4v) is 5.26. The number of amides is 1. The molecule has 0 atom stereocenters. The monoisotopic (exact) mass is 592 g/mol. The van der Waals surface area contributed by atoms with E-state index in [1.165, 1.54) is 34.2 Å². The van der Waals surface area contributed by atoms with Gasteiger partial charge in [0.05, 0.1) is 39.8 Å². The molecule has 7 nitrogen and oxygen atoms in total. The highest BCUT2D eigenvalue weighted by Gasteiger charge is 2.36. The minimum absolute atomic E-state index is 0.00489. The van der Waals surface area contributed by atoms with E-state index in [4.69, 9.17) is 0 Å². The van der Waals surface area contributed by atoms with E-state index in [0.717, 1.165) is 29.5 Å². The van der Waals surface area contributed by atoms with Gasteiger partial charge in [0, 0.05) is 10.9 Å². The van der Waals surface area contributed by atoms with Crippen LogP contribution in [0.3, 0.4) is 0 Å². The van der Waals surface area contributed by atoms with Crippen molar-refractivity contribution in [2.75, 3.05) is 5.32 Å². The molecule has 4 aromatic heterocycles. The minimum Gasteiger partial charge on any atom is -0.317 e. The zero-order valence-electron chi connectivity index (χ0n) is 21.9. The van der Waals surface area contributed by atoms with E-state index in [9.17, 15) is 31.1 Å². The van der Waals surface area contributed by atoms with Crippen LogP contribution in [0.2, 0.25) is 0 Å². The van der Waals surface area contributed by atoms with Gasteiger partial charge in [-0.25, -0.2) is 9.50 Å². The SMILES string of the molecule is CCc1ccc(-c2cc(C(F)(F)F)n3nc(C(=O)Nc4c(C)nn(Cc5cccc(C(F)(F)F)c5)c4C)cc3n2)s1. The smallest absolute Gasteiger partial charge is 0.317 e. The number of carbonyl (C=O) groups is 1. The fraction of sp³-hybridized carbons (Fsp3) is 0.259. The van der Waals surface area contributed by atoms with Gasteiger partial charge in [0.25, 0.3) is 5.91 Å². The van der Waals surface area contributed by atoms with E-state index in [0.29, 0.717) is 26.3 Å². The summed E-state index contributed by atoms with van der Waals surface area (Å²) in [6.07, 6.45) is -8.54. The van der Waals surface area contributed by atoms with E-state index in [-0.39, 0.29) is 29.3 Å². The maximum absolute atomic E-state index is 14.0. The Morgan fingerprint density at radius 3 is 2.39 bits per heavy atom.